The summed E-state index contributed by atoms with van der Waals surface area (Å²) in [6, 6.07) is 4.44. The van der Waals surface area contributed by atoms with Crippen LogP contribution >= 0.6 is 11.6 Å². The fourth-order valence-corrected chi connectivity index (χ4v) is 2.90. The van der Waals surface area contributed by atoms with Gasteiger partial charge in [0, 0.05) is 36.8 Å². The molecule has 8 heteroatoms. The van der Waals surface area contributed by atoms with Gasteiger partial charge in [-0.05, 0) is 26.0 Å². The van der Waals surface area contributed by atoms with E-state index >= 15 is 0 Å². The highest BCUT2D eigenvalue weighted by Crippen LogP contribution is 2.24. The van der Waals surface area contributed by atoms with Gasteiger partial charge in [0.05, 0.1) is 18.1 Å². The van der Waals surface area contributed by atoms with Crippen molar-refractivity contribution in [3.63, 3.8) is 0 Å². The molecule has 1 heterocycles. The predicted octanol–water partition coefficient (Wildman–Crippen LogP) is 2.09. The largest absolute Gasteiger partial charge is 0.379 e. The Labute approximate surface area is 139 Å². The van der Waals surface area contributed by atoms with E-state index in [2.05, 4.69) is 17.1 Å². The van der Waals surface area contributed by atoms with Crippen LogP contribution < -0.4 is 5.32 Å². The van der Waals surface area contributed by atoms with Gasteiger partial charge in [0.25, 0.3) is 11.6 Å². The minimum atomic E-state index is -0.577. The molecule has 0 saturated carbocycles. The maximum atomic E-state index is 12.2. The summed E-state index contributed by atoms with van der Waals surface area (Å²) in [5.41, 5.74) is 0.0987. The minimum absolute atomic E-state index is 0.0440. The second-order valence-electron chi connectivity index (χ2n) is 5.64. The molecule has 0 aliphatic carbocycles. The van der Waals surface area contributed by atoms with Gasteiger partial charge in [0.1, 0.15) is 5.02 Å². The molecule has 1 amide bonds. The summed E-state index contributed by atoms with van der Waals surface area (Å²) in [6.45, 7) is 6.84. The van der Waals surface area contributed by atoms with Crippen molar-refractivity contribution in [3.8, 4) is 0 Å². The number of rotatable bonds is 5. The molecule has 1 aromatic rings. The van der Waals surface area contributed by atoms with Gasteiger partial charge >= 0.3 is 0 Å². The van der Waals surface area contributed by atoms with Crippen LogP contribution in [0.1, 0.15) is 24.2 Å². The second kappa shape index (κ2) is 7.72. The third-order valence-corrected chi connectivity index (χ3v) is 4.25. The lowest BCUT2D eigenvalue weighted by atomic mass is 10.1. The third kappa shape index (κ3) is 4.40. The summed E-state index contributed by atoms with van der Waals surface area (Å²) < 4.78 is 5.40. The molecule has 0 radical (unpaired) electrons. The Morgan fingerprint density at radius 1 is 1.61 bits per heavy atom. The van der Waals surface area contributed by atoms with E-state index in [0.717, 1.165) is 6.54 Å². The van der Waals surface area contributed by atoms with Gasteiger partial charge < -0.3 is 10.1 Å². The molecule has 1 aliphatic rings. The Hall–Kier alpha value is -1.70. The monoisotopic (exact) mass is 341 g/mol. The van der Waals surface area contributed by atoms with Crippen molar-refractivity contribution in [2.24, 2.45) is 0 Å². The number of carbonyl (C=O) groups excluding carboxylic acids is 1. The third-order valence-electron chi connectivity index (χ3n) is 3.95. The number of ether oxygens (including phenoxy) is 1. The first-order valence-electron chi connectivity index (χ1n) is 7.45. The van der Waals surface area contributed by atoms with Crippen LogP contribution in [0, 0.1) is 10.1 Å². The lowest BCUT2D eigenvalue weighted by molar-refractivity contribution is -0.384. The van der Waals surface area contributed by atoms with Crippen LogP contribution in [0.25, 0.3) is 0 Å². The molecule has 126 valence electrons. The first-order chi connectivity index (χ1) is 10.9. The molecule has 1 aliphatic heterocycles. The van der Waals surface area contributed by atoms with E-state index in [0.29, 0.717) is 31.4 Å². The van der Waals surface area contributed by atoms with Crippen molar-refractivity contribution in [2.45, 2.75) is 25.9 Å². The number of nitrogens with zero attached hydrogens (tertiary/aromatic N) is 2. The number of morpholine rings is 1. The molecule has 1 fully saturated rings. The average molecular weight is 342 g/mol. The van der Waals surface area contributed by atoms with E-state index in [-0.39, 0.29) is 22.7 Å². The summed E-state index contributed by atoms with van der Waals surface area (Å²) in [4.78, 5) is 24.6. The van der Waals surface area contributed by atoms with Crippen LogP contribution in [-0.2, 0) is 4.74 Å². The SMILES string of the molecule is C[C@@H]1COCCN1[C@@H](C)CNC(=O)c1ccc([N+](=O)[O-])c(Cl)c1. The second-order valence-corrected chi connectivity index (χ2v) is 6.05. The normalized spacial score (nSPS) is 20.0. The topological polar surface area (TPSA) is 84.7 Å². The van der Waals surface area contributed by atoms with Gasteiger partial charge in [-0.2, -0.15) is 0 Å². The molecule has 0 unspecified atom stereocenters. The summed E-state index contributed by atoms with van der Waals surface area (Å²) in [5.74, 6) is -0.297. The molecule has 1 aromatic carbocycles. The summed E-state index contributed by atoms with van der Waals surface area (Å²) in [6.07, 6.45) is 0. The van der Waals surface area contributed by atoms with E-state index in [1.165, 1.54) is 18.2 Å². The highest BCUT2D eigenvalue weighted by Gasteiger charge is 2.24. The summed E-state index contributed by atoms with van der Waals surface area (Å²) >= 11 is 5.83. The van der Waals surface area contributed by atoms with Crippen molar-refractivity contribution in [1.29, 1.82) is 0 Å². The van der Waals surface area contributed by atoms with Crippen LogP contribution in [0.2, 0.25) is 5.02 Å². The molecule has 23 heavy (non-hydrogen) atoms. The first-order valence-corrected chi connectivity index (χ1v) is 7.83. The number of benzene rings is 1. The lowest BCUT2D eigenvalue weighted by Crippen LogP contribution is -2.51. The zero-order valence-corrected chi connectivity index (χ0v) is 13.9. The molecule has 1 saturated heterocycles. The molecule has 2 rings (SSSR count). The zero-order chi connectivity index (χ0) is 17.0. The molecule has 7 nitrogen and oxygen atoms in total. The fourth-order valence-electron chi connectivity index (χ4n) is 2.65. The van der Waals surface area contributed by atoms with E-state index in [1.807, 2.05) is 6.92 Å². The standard InChI is InChI=1S/C15H20ClN3O4/c1-10(18-5-6-23-9-11(18)2)8-17-15(20)12-3-4-14(19(21)22)13(16)7-12/h3-4,7,10-11H,5-6,8-9H2,1-2H3,(H,17,20)/t10-,11+/m0/s1. The number of nitrogens with one attached hydrogen (secondary N) is 1. The Morgan fingerprint density at radius 3 is 2.96 bits per heavy atom. The van der Waals surface area contributed by atoms with E-state index < -0.39 is 4.92 Å². The number of nitro groups is 1. The van der Waals surface area contributed by atoms with Gasteiger partial charge in [0.15, 0.2) is 0 Å². The molecule has 1 N–H and O–H groups in total. The number of hydrogen-bond donors (Lipinski definition) is 1. The number of carbonyl (C=O) groups is 1. The van der Waals surface area contributed by atoms with Gasteiger partial charge in [-0.3, -0.25) is 19.8 Å². The molecule has 0 aromatic heterocycles. The Kier molecular flexibility index (Phi) is 5.92. The first kappa shape index (κ1) is 17.7. The van der Waals surface area contributed by atoms with Crippen molar-refractivity contribution in [3.05, 3.63) is 38.9 Å². The van der Waals surface area contributed by atoms with Crippen molar-refractivity contribution in [1.82, 2.24) is 10.2 Å². The van der Waals surface area contributed by atoms with Crippen LogP contribution in [0.3, 0.4) is 0 Å². The number of hydrogen-bond acceptors (Lipinski definition) is 5. The molecule has 2 atom stereocenters. The predicted molar refractivity (Wildman–Crippen MR) is 86.9 cm³/mol. The van der Waals surface area contributed by atoms with Crippen LogP contribution in [0.4, 0.5) is 5.69 Å². The van der Waals surface area contributed by atoms with Crippen molar-refractivity contribution in [2.75, 3.05) is 26.3 Å². The molecular weight excluding hydrogens is 322 g/mol. The maximum Gasteiger partial charge on any atom is 0.287 e. The quantitative estimate of drug-likeness (QED) is 0.654. The van der Waals surface area contributed by atoms with Gasteiger partial charge in [-0.25, -0.2) is 0 Å². The zero-order valence-electron chi connectivity index (χ0n) is 13.1. The average Bonchev–Trinajstić information content (AvgIpc) is 2.52. The molecule has 0 spiro atoms. The Balaban J connectivity index is 1.94. The van der Waals surface area contributed by atoms with Gasteiger partial charge in [-0.1, -0.05) is 11.6 Å². The van der Waals surface area contributed by atoms with Gasteiger partial charge in [-0.15, -0.1) is 0 Å². The highest BCUT2D eigenvalue weighted by atomic mass is 35.5. The Morgan fingerprint density at radius 2 is 2.35 bits per heavy atom. The van der Waals surface area contributed by atoms with E-state index in [4.69, 9.17) is 16.3 Å². The van der Waals surface area contributed by atoms with Crippen LogP contribution in [0.5, 0.6) is 0 Å². The summed E-state index contributed by atoms with van der Waals surface area (Å²) in [5, 5.41) is 13.5. The Bertz CT molecular complexity index is 596. The highest BCUT2D eigenvalue weighted by molar-refractivity contribution is 6.33. The lowest BCUT2D eigenvalue weighted by Gasteiger charge is -2.37. The minimum Gasteiger partial charge on any atom is -0.379 e. The fraction of sp³-hybridized carbons (Fsp3) is 0.533. The van der Waals surface area contributed by atoms with E-state index in [1.54, 1.807) is 0 Å². The van der Waals surface area contributed by atoms with Crippen LogP contribution in [-0.4, -0.2) is 54.1 Å². The van der Waals surface area contributed by atoms with Crippen molar-refractivity contribution < 1.29 is 14.5 Å². The number of halogens is 1. The maximum absolute atomic E-state index is 12.2. The number of nitro benzene ring substituents is 1. The van der Waals surface area contributed by atoms with E-state index in [9.17, 15) is 14.9 Å². The smallest absolute Gasteiger partial charge is 0.287 e. The number of amides is 1. The molecule has 0 bridgehead atoms. The molecular formula is C15H20ClN3O4. The van der Waals surface area contributed by atoms with Gasteiger partial charge in [0.2, 0.25) is 0 Å². The van der Waals surface area contributed by atoms with Crippen LogP contribution in [0.15, 0.2) is 18.2 Å². The summed E-state index contributed by atoms with van der Waals surface area (Å²) in [7, 11) is 0. The van der Waals surface area contributed by atoms with Crippen molar-refractivity contribution >= 4 is 23.2 Å².